The zero-order chi connectivity index (χ0) is 13.8. The average Bonchev–Trinajstić information content (AvgIpc) is 2.92. The smallest absolute Gasteiger partial charge is 0.254 e. The van der Waals surface area contributed by atoms with Crippen LogP contribution >= 0.6 is 22.9 Å². The van der Waals surface area contributed by atoms with E-state index in [-0.39, 0.29) is 22.5 Å². The second-order valence-electron chi connectivity index (χ2n) is 4.09. The minimum absolute atomic E-state index is 0.147. The second-order valence-corrected chi connectivity index (χ2v) is 5.37. The lowest BCUT2D eigenvalue weighted by atomic mass is 10.2. The average molecular weight is 297 g/mol. The van der Waals surface area contributed by atoms with E-state index in [1.807, 2.05) is 12.3 Å². The third-order valence-electron chi connectivity index (χ3n) is 2.55. The molecule has 0 spiro atoms. The monoisotopic (exact) mass is 296 g/mol. The Labute approximate surface area is 119 Å². The molecule has 0 aliphatic rings. The van der Waals surface area contributed by atoms with E-state index in [0.29, 0.717) is 12.2 Å². The number of nitrogen functional groups attached to an aromatic ring is 1. The topological polar surface area (TPSA) is 80.9 Å². The number of anilines is 1. The first-order valence-electron chi connectivity index (χ1n) is 5.66. The Morgan fingerprint density at radius 1 is 1.58 bits per heavy atom. The van der Waals surface area contributed by atoms with Crippen molar-refractivity contribution in [1.82, 2.24) is 15.3 Å². The van der Waals surface area contributed by atoms with E-state index in [0.717, 1.165) is 5.01 Å². The minimum Gasteiger partial charge on any atom is -0.397 e. The van der Waals surface area contributed by atoms with Crippen molar-refractivity contribution >= 4 is 34.5 Å². The molecule has 0 fully saturated rings. The molecular formula is C12H13ClN4OS. The Kier molecular flexibility index (Phi) is 4.34. The normalized spacial score (nSPS) is 12.1. The molecule has 100 valence electrons. The summed E-state index contributed by atoms with van der Waals surface area (Å²) in [6.07, 6.45) is 3.16. The summed E-state index contributed by atoms with van der Waals surface area (Å²) in [5.74, 6) is -0.134. The largest absolute Gasteiger partial charge is 0.397 e. The molecule has 2 heterocycles. The van der Waals surface area contributed by atoms with Gasteiger partial charge in [0, 0.05) is 24.0 Å². The number of nitrogens with one attached hydrogen (secondary N) is 1. The van der Waals surface area contributed by atoms with E-state index in [1.54, 1.807) is 17.5 Å². The van der Waals surface area contributed by atoms with E-state index in [9.17, 15) is 4.79 Å². The highest BCUT2D eigenvalue weighted by molar-refractivity contribution is 7.09. The summed E-state index contributed by atoms with van der Waals surface area (Å²) < 4.78 is 0. The lowest BCUT2D eigenvalue weighted by molar-refractivity contribution is 0.0951. The predicted molar refractivity (Wildman–Crippen MR) is 76.5 cm³/mol. The molecule has 2 aromatic heterocycles. The predicted octanol–water partition coefficient (Wildman–Crippen LogP) is 2.31. The summed E-state index contributed by atoms with van der Waals surface area (Å²) in [6, 6.07) is 1.51. The van der Waals surface area contributed by atoms with Gasteiger partial charge in [0.15, 0.2) is 0 Å². The Hall–Kier alpha value is -1.66. The fraction of sp³-hybridized carbons (Fsp3) is 0.250. The molecule has 0 aliphatic heterocycles. The second kappa shape index (κ2) is 5.99. The summed E-state index contributed by atoms with van der Waals surface area (Å²) in [7, 11) is 0. The maximum atomic E-state index is 12.0. The Morgan fingerprint density at radius 3 is 3.05 bits per heavy atom. The van der Waals surface area contributed by atoms with Crippen molar-refractivity contribution in [3.63, 3.8) is 0 Å². The maximum Gasteiger partial charge on any atom is 0.254 e. The molecule has 0 bridgehead atoms. The highest BCUT2D eigenvalue weighted by atomic mass is 35.5. The molecule has 7 heteroatoms. The molecule has 1 atom stereocenters. The van der Waals surface area contributed by atoms with Crippen LogP contribution in [0.3, 0.4) is 0 Å². The first-order valence-corrected chi connectivity index (χ1v) is 6.92. The lowest BCUT2D eigenvalue weighted by Crippen LogP contribution is -2.28. The molecule has 0 saturated heterocycles. The Morgan fingerprint density at radius 2 is 2.37 bits per heavy atom. The number of nitrogens with zero attached hydrogens (tertiary/aromatic N) is 2. The van der Waals surface area contributed by atoms with Crippen LogP contribution in [-0.4, -0.2) is 22.4 Å². The third kappa shape index (κ3) is 3.42. The molecule has 1 unspecified atom stereocenters. The number of nitrogens with two attached hydrogens (primary N) is 1. The molecule has 0 aliphatic carbocycles. The number of halogens is 1. The fourth-order valence-corrected chi connectivity index (χ4v) is 2.42. The van der Waals surface area contributed by atoms with E-state index in [4.69, 9.17) is 17.3 Å². The number of carbonyl (C=O) groups excluding carboxylic acids is 1. The van der Waals surface area contributed by atoms with Crippen LogP contribution in [0.15, 0.2) is 23.8 Å². The molecule has 2 aromatic rings. The molecule has 0 radical (unpaired) electrons. The van der Waals surface area contributed by atoms with Crippen molar-refractivity contribution in [2.75, 3.05) is 12.3 Å². The van der Waals surface area contributed by atoms with Crippen LogP contribution in [0.4, 0.5) is 5.69 Å². The van der Waals surface area contributed by atoms with Gasteiger partial charge in [0.25, 0.3) is 5.91 Å². The van der Waals surface area contributed by atoms with E-state index < -0.39 is 0 Å². The van der Waals surface area contributed by atoms with Crippen LogP contribution in [0.2, 0.25) is 5.15 Å². The molecule has 0 aromatic carbocycles. The fourth-order valence-electron chi connectivity index (χ4n) is 1.53. The van der Waals surface area contributed by atoms with Gasteiger partial charge in [0.2, 0.25) is 0 Å². The number of aromatic nitrogens is 2. The van der Waals surface area contributed by atoms with Gasteiger partial charge in [-0.1, -0.05) is 18.5 Å². The molecule has 3 N–H and O–H groups in total. The Bertz CT molecular complexity index is 573. The zero-order valence-corrected chi connectivity index (χ0v) is 11.8. The number of hydrogen-bond acceptors (Lipinski definition) is 5. The summed E-state index contributed by atoms with van der Waals surface area (Å²) in [4.78, 5) is 20.0. The van der Waals surface area contributed by atoms with Gasteiger partial charge >= 0.3 is 0 Å². The van der Waals surface area contributed by atoms with Crippen LogP contribution in [0.5, 0.6) is 0 Å². The number of amides is 1. The highest BCUT2D eigenvalue weighted by Gasteiger charge is 2.14. The van der Waals surface area contributed by atoms with E-state index in [2.05, 4.69) is 15.3 Å². The maximum absolute atomic E-state index is 12.0. The van der Waals surface area contributed by atoms with Crippen molar-refractivity contribution < 1.29 is 4.79 Å². The van der Waals surface area contributed by atoms with Crippen LogP contribution in [0.1, 0.15) is 28.2 Å². The lowest BCUT2D eigenvalue weighted by Gasteiger charge is -2.10. The van der Waals surface area contributed by atoms with Crippen molar-refractivity contribution in [2.24, 2.45) is 0 Å². The van der Waals surface area contributed by atoms with Gasteiger partial charge in [0.1, 0.15) is 5.15 Å². The van der Waals surface area contributed by atoms with Crippen LogP contribution in [-0.2, 0) is 0 Å². The summed E-state index contributed by atoms with van der Waals surface area (Å²) in [6.45, 7) is 2.48. The third-order valence-corrected chi connectivity index (χ3v) is 3.85. The SMILES string of the molecule is CC(CNC(=O)c1cc(N)cnc1Cl)c1nccs1. The minimum atomic E-state index is -0.284. The van der Waals surface area contributed by atoms with Crippen molar-refractivity contribution in [1.29, 1.82) is 0 Å². The molecular weight excluding hydrogens is 284 g/mol. The Balaban J connectivity index is 2.00. The number of rotatable bonds is 4. The summed E-state index contributed by atoms with van der Waals surface area (Å²) >= 11 is 7.43. The molecule has 0 saturated carbocycles. The first-order chi connectivity index (χ1) is 9.08. The van der Waals surface area contributed by atoms with Gasteiger partial charge in [0.05, 0.1) is 22.5 Å². The number of pyridine rings is 1. The van der Waals surface area contributed by atoms with Gasteiger partial charge in [-0.15, -0.1) is 11.3 Å². The number of carbonyl (C=O) groups is 1. The van der Waals surface area contributed by atoms with Gasteiger partial charge in [-0.3, -0.25) is 4.79 Å². The molecule has 19 heavy (non-hydrogen) atoms. The van der Waals surface area contributed by atoms with Crippen molar-refractivity contribution in [3.05, 3.63) is 39.6 Å². The van der Waals surface area contributed by atoms with Crippen molar-refractivity contribution in [2.45, 2.75) is 12.8 Å². The standard InChI is InChI=1S/C12H13ClN4OS/c1-7(12-15-2-3-19-12)5-17-11(18)9-4-8(14)6-16-10(9)13/h2-4,6-7H,5,14H2,1H3,(H,17,18). The van der Waals surface area contributed by atoms with Gasteiger partial charge < -0.3 is 11.1 Å². The number of thiazole rings is 1. The summed E-state index contributed by atoms with van der Waals surface area (Å²) in [5.41, 5.74) is 6.28. The van der Waals surface area contributed by atoms with Crippen LogP contribution in [0.25, 0.3) is 0 Å². The van der Waals surface area contributed by atoms with E-state index >= 15 is 0 Å². The van der Waals surface area contributed by atoms with Crippen LogP contribution in [0, 0.1) is 0 Å². The van der Waals surface area contributed by atoms with Gasteiger partial charge in [-0.25, -0.2) is 9.97 Å². The van der Waals surface area contributed by atoms with Gasteiger partial charge in [-0.05, 0) is 6.07 Å². The highest BCUT2D eigenvalue weighted by Crippen LogP contribution is 2.18. The first kappa shape index (κ1) is 13.8. The van der Waals surface area contributed by atoms with Crippen molar-refractivity contribution in [3.8, 4) is 0 Å². The van der Waals surface area contributed by atoms with Crippen LogP contribution < -0.4 is 11.1 Å². The summed E-state index contributed by atoms with van der Waals surface area (Å²) in [5, 5.41) is 5.84. The zero-order valence-electron chi connectivity index (χ0n) is 10.3. The molecule has 5 nitrogen and oxygen atoms in total. The van der Waals surface area contributed by atoms with E-state index in [1.165, 1.54) is 12.3 Å². The molecule has 1 amide bonds. The number of hydrogen-bond donors (Lipinski definition) is 2. The van der Waals surface area contributed by atoms with Gasteiger partial charge in [-0.2, -0.15) is 0 Å². The molecule has 2 rings (SSSR count). The quantitative estimate of drug-likeness (QED) is 0.848.